The smallest absolute Gasteiger partial charge is 0.359 e. The van der Waals surface area contributed by atoms with Gasteiger partial charge in [-0.3, -0.25) is 4.79 Å². The number of hydrogen-bond acceptors (Lipinski definition) is 7. The Morgan fingerprint density at radius 1 is 1.21 bits per heavy atom. The number of carbonyl (C=O) groups is 1. The molecule has 2 heterocycles. The van der Waals surface area contributed by atoms with E-state index in [2.05, 4.69) is 5.10 Å². The summed E-state index contributed by atoms with van der Waals surface area (Å²) in [6.07, 6.45) is 0. The Morgan fingerprint density at radius 2 is 1.97 bits per heavy atom. The van der Waals surface area contributed by atoms with E-state index in [0.717, 1.165) is 4.68 Å². The molecule has 150 valence electrons. The summed E-state index contributed by atoms with van der Waals surface area (Å²) >= 11 is 6.21. The van der Waals surface area contributed by atoms with Gasteiger partial charge in [-0.15, -0.1) is 0 Å². The number of hydrogen-bond donors (Lipinski definition) is 1. The van der Waals surface area contributed by atoms with Crippen molar-refractivity contribution in [3.05, 3.63) is 63.0 Å². The summed E-state index contributed by atoms with van der Waals surface area (Å²) in [5.74, 6) is 0.269. The van der Waals surface area contributed by atoms with Crippen LogP contribution in [0.3, 0.4) is 0 Å². The fourth-order valence-electron chi connectivity index (χ4n) is 3.10. The van der Waals surface area contributed by atoms with E-state index in [1.54, 1.807) is 36.4 Å². The van der Waals surface area contributed by atoms with Gasteiger partial charge in [0.05, 0.1) is 23.6 Å². The molecule has 29 heavy (non-hydrogen) atoms. The Labute approximate surface area is 170 Å². The van der Waals surface area contributed by atoms with Crippen molar-refractivity contribution in [1.29, 1.82) is 0 Å². The zero-order valence-corrected chi connectivity index (χ0v) is 16.0. The van der Waals surface area contributed by atoms with E-state index in [0.29, 0.717) is 46.1 Å². The first-order chi connectivity index (χ1) is 14.1. The number of aliphatic hydroxyl groups excluding tert-OH is 1. The molecule has 0 saturated carbocycles. The van der Waals surface area contributed by atoms with Gasteiger partial charge >= 0.3 is 5.97 Å². The largest absolute Gasteiger partial charge is 0.486 e. The molecule has 0 saturated heterocycles. The predicted octanol–water partition coefficient (Wildman–Crippen LogP) is 2.17. The van der Waals surface area contributed by atoms with Gasteiger partial charge in [0.15, 0.2) is 17.2 Å². The van der Waals surface area contributed by atoms with Crippen LogP contribution < -0.4 is 15.0 Å². The molecule has 1 N–H and O–H groups in total. The van der Waals surface area contributed by atoms with E-state index in [4.69, 9.17) is 25.8 Å². The quantitative estimate of drug-likeness (QED) is 0.636. The SMILES string of the molecule is O=C(OCc1cc(Cl)c2c(c1)OCCO2)c1nn(CCO)c(=O)c2ccccc12. The number of esters is 1. The highest BCUT2D eigenvalue weighted by Crippen LogP contribution is 2.38. The average molecular weight is 417 g/mol. The summed E-state index contributed by atoms with van der Waals surface area (Å²) < 4.78 is 17.5. The van der Waals surface area contributed by atoms with Crippen molar-refractivity contribution < 1.29 is 24.1 Å². The van der Waals surface area contributed by atoms with Crippen LogP contribution in [0.1, 0.15) is 16.1 Å². The number of ether oxygens (including phenoxy) is 3. The van der Waals surface area contributed by atoms with Crippen molar-refractivity contribution in [2.75, 3.05) is 19.8 Å². The molecule has 2 aromatic carbocycles. The number of halogens is 1. The molecular weight excluding hydrogens is 400 g/mol. The maximum atomic E-state index is 12.7. The van der Waals surface area contributed by atoms with Crippen LogP contribution in [0, 0.1) is 0 Å². The number of benzene rings is 2. The van der Waals surface area contributed by atoms with E-state index in [1.807, 2.05) is 0 Å². The molecule has 0 radical (unpaired) electrons. The summed E-state index contributed by atoms with van der Waals surface area (Å²) in [7, 11) is 0. The Morgan fingerprint density at radius 3 is 2.76 bits per heavy atom. The molecule has 3 aromatic rings. The van der Waals surface area contributed by atoms with Crippen molar-refractivity contribution >= 4 is 28.3 Å². The van der Waals surface area contributed by atoms with Crippen LogP contribution in [-0.4, -0.2) is 40.7 Å². The highest BCUT2D eigenvalue weighted by molar-refractivity contribution is 6.32. The summed E-state index contributed by atoms with van der Waals surface area (Å²) in [4.78, 5) is 25.2. The second-order valence-corrected chi connectivity index (χ2v) is 6.73. The zero-order chi connectivity index (χ0) is 20.4. The van der Waals surface area contributed by atoms with Crippen LogP contribution in [0.5, 0.6) is 11.5 Å². The van der Waals surface area contributed by atoms with Gasteiger partial charge in [0, 0.05) is 5.39 Å². The standard InChI is InChI=1S/C20H17ClN2O6/c21-15-9-12(10-16-18(15)28-8-7-27-16)11-29-20(26)17-13-3-1-2-4-14(13)19(25)23(22-17)5-6-24/h1-4,9-10,24H,5-8,11H2. The third-order valence-corrected chi connectivity index (χ3v) is 4.68. The van der Waals surface area contributed by atoms with Gasteiger partial charge < -0.3 is 19.3 Å². The first-order valence-electron chi connectivity index (χ1n) is 8.94. The van der Waals surface area contributed by atoms with Crippen molar-refractivity contribution in [3.8, 4) is 11.5 Å². The Kier molecular flexibility index (Phi) is 5.37. The van der Waals surface area contributed by atoms with E-state index < -0.39 is 5.97 Å². The van der Waals surface area contributed by atoms with Gasteiger partial charge in [-0.1, -0.05) is 29.8 Å². The number of carbonyl (C=O) groups excluding carboxylic acids is 1. The average Bonchev–Trinajstić information content (AvgIpc) is 2.74. The van der Waals surface area contributed by atoms with Crippen LogP contribution >= 0.6 is 11.6 Å². The van der Waals surface area contributed by atoms with Crippen LogP contribution in [0.25, 0.3) is 10.8 Å². The van der Waals surface area contributed by atoms with Crippen molar-refractivity contribution in [3.63, 3.8) is 0 Å². The topological polar surface area (TPSA) is 99.9 Å². The summed E-state index contributed by atoms with van der Waals surface area (Å²) in [6, 6.07) is 9.97. The minimum atomic E-state index is -0.695. The summed E-state index contributed by atoms with van der Waals surface area (Å²) in [5.41, 5.74) is 0.239. The molecule has 8 nitrogen and oxygen atoms in total. The van der Waals surface area contributed by atoms with Gasteiger partial charge in [0.2, 0.25) is 0 Å². The molecule has 0 atom stereocenters. The fourth-order valence-corrected chi connectivity index (χ4v) is 3.38. The zero-order valence-electron chi connectivity index (χ0n) is 15.3. The van der Waals surface area contributed by atoms with Crippen LogP contribution in [0.2, 0.25) is 5.02 Å². The Balaban J connectivity index is 1.62. The van der Waals surface area contributed by atoms with E-state index in [-0.39, 0.29) is 31.0 Å². The number of nitrogens with zero attached hydrogens (tertiary/aromatic N) is 2. The lowest BCUT2D eigenvalue weighted by atomic mass is 10.1. The monoisotopic (exact) mass is 416 g/mol. The second kappa shape index (κ2) is 8.10. The lowest BCUT2D eigenvalue weighted by Gasteiger charge is -2.20. The van der Waals surface area contributed by atoms with E-state index >= 15 is 0 Å². The summed E-state index contributed by atoms with van der Waals surface area (Å²) in [5, 5.41) is 14.3. The molecule has 1 aromatic heterocycles. The predicted molar refractivity (Wildman–Crippen MR) is 105 cm³/mol. The summed E-state index contributed by atoms with van der Waals surface area (Å²) in [6.45, 7) is 0.458. The minimum Gasteiger partial charge on any atom is -0.486 e. The van der Waals surface area contributed by atoms with Gasteiger partial charge in [-0.2, -0.15) is 5.10 Å². The molecule has 0 spiro atoms. The van der Waals surface area contributed by atoms with Crippen LogP contribution in [-0.2, 0) is 17.9 Å². The minimum absolute atomic E-state index is 0.00251. The molecule has 4 rings (SSSR count). The third-order valence-electron chi connectivity index (χ3n) is 4.40. The molecule has 0 unspecified atom stereocenters. The Bertz CT molecular complexity index is 1140. The van der Waals surface area contributed by atoms with Gasteiger partial charge in [-0.25, -0.2) is 9.48 Å². The van der Waals surface area contributed by atoms with Crippen LogP contribution in [0.15, 0.2) is 41.2 Å². The molecule has 0 amide bonds. The lowest BCUT2D eigenvalue weighted by molar-refractivity contribution is 0.0464. The van der Waals surface area contributed by atoms with Crippen LogP contribution in [0.4, 0.5) is 0 Å². The third kappa shape index (κ3) is 3.76. The first kappa shape index (κ1) is 19.2. The molecule has 0 bridgehead atoms. The second-order valence-electron chi connectivity index (χ2n) is 6.32. The number of aliphatic hydroxyl groups is 1. The highest BCUT2D eigenvalue weighted by atomic mass is 35.5. The van der Waals surface area contributed by atoms with Crippen molar-refractivity contribution in [2.24, 2.45) is 0 Å². The molecule has 1 aliphatic heterocycles. The molecule has 0 fully saturated rings. The highest BCUT2D eigenvalue weighted by Gasteiger charge is 2.20. The van der Waals surface area contributed by atoms with Crippen molar-refractivity contribution in [1.82, 2.24) is 9.78 Å². The number of rotatable bonds is 5. The lowest BCUT2D eigenvalue weighted by Crippen LogP contribution is -2.27. The molecule has 0 aliphatic carbocycles. The Hall–Kier alpha value is -3.10. The van der Waals surface area contributed by atoms with E-state index in [1.165, 1.54) is 0 Å². The fraction of sp³-hybridized carbons (Fsp3) is 0.250. The molecular formula is C20H17ClN2O6. The van der Waals surface area contributed by atoms with E-state index in [9.17, 15) is 14.7 Å². The van der Waals surface area contributed by atoms with Gasteiger partial charge in [0.25, 0.3) is 5.56 Å². The maximum absolute atomic E-state index is 12.7. The molecule has 1 aliphatic rings. The normalized spacial score (nSPS) is 12.8. The first-order valence-corrected chi connectivity index (χ1v) is 9.32. The van der Waals surface area contributed by atoms with Gasteiger partial charge in [-0.05, 0) is 23.8 Å². The number of fused-ring (bicyclic) bond motifs is 2. The van der Waals surface area contributed by atoms with Crippen molar-refractivity contribution in [2.45, 2.75) is 13.2 Å². The maximum Gasteiger partial charge on any atom is 0.359 e. The van der Waals surface area contributed by atoms with Gasteiger partial charge in [0.1, 0.15) is 19.8 Å². The molecule has 9 heteroatoms. The number of aromatic nitrogens is 2.